The minimum Gasteiger partial charge on any atom is -0.457 e. The molecule has 0 fully saturated rings. The van der Waals surface area contributed by atoms with Crippen molar-refractivity contribution in [3.8, 4) is 17.6 Å². The highest BCUT2D eigenvalue weighted by atomic mass is 16.5. The molecule has 2 rings (SSSR count). The Balaban J connectivity index is 2.18. The minimum absolute atomic E-state index is 0.674. The van der Waals surface area contributed by atoms with Gasteiger partial charge in [0, 0.05) is 12.7 Å². The van der Waals surface area contributed by atoms with E-state index in [-0.39, 0.29) is 0 Å². The van der Waals surface area contributed by atoms with Crippen LogP contribution in [0.2, 0.25) is 0 Å². The smallest absolute Gasteiger partial charge is 0.127 e. The lowest BCUT2D eigenvalue weighted by Crippen LogP contribution is -1.89. The molecule has 0 amide bonds. The van der Waals surface area contributed by atoms with E-state index in [2.05, 4.69) is 11.4 Å². The van der Waals surface area contributed by atoms with Gasteiger partial charge in [-0.2, -0.15) is 5.26 Å². The largest absolute Gasteiger partial charge is 0.457 e. The number of aryl methyl sites for hydroxylation is 1. The number of hydrogen-bond donors (Lipinski definition) is 1. The van der Waals surface area contributed by atoms with Gasteiger partial charge in [0.05, 0.1) is 11.6 Å². The third-order valence-electron chi connectivity index (χ3n) is 2.70. The Morgan fingerprint density at radius 3 is 2.28 bits per heavy atom. The van der Waals surface area contributed by atoms with Gasteiger partial charge in [0.2, 0.25) is 0 Å². The molecule has 0 bridgehead atoms. The fourth-order valence-electron chi connectivity index (χ4n) is 1.65. The summed E-state index contributed by atoms with van der Waals surface area (Å²) in [5.41, 5.74) is 2.63. The van der Waals surface area contributed by atoms with Gasteiger partial charge in [0.1, 0.15) is 11.5 Å². The fourth-order valence-corrected chi connectivity index (χ4v) is 1.65. The molecule has 0 atom stereocenters. The number of hydrogen-bond acceptors (Lipinski definition) is 3. The predicted octanol–water partition coefficient (Wildman–Crippen LogP) is 3.70. The predicted molar refractivity (Wildman–Crippen MR) is 72.0 cm³/mol. The second-order valence-electron chi connectivity index (χ2n) is 3.96. The number of benzene rings is 2. The summed E-state index contributed by atoms with van der Waals surface area (Å²) in [6.07, 6.45) is 0. The van der Waals surface area contributed by atoms with Crippen molar-refractivity contribution in [3.63, 3.8) is 0 Å². The van der Waals surface area contributed by atoms with Gasteiger partial charge in [-0.05, 0) is 55.0 Å². The Hall–Kier alpha value is -2.47. The van der Waals surface area contributed by atoms with Gasteiger partial charge < -0.3 is 10.1 Å². The van der Waals surface area contributed by atoms with Gasteiger partial charge in [0.15, 0.2) is 0 Å². The summed E-state index contributed by atoms with van der Waals surface area (Å²) >= 11 is 0. The molecule has 0 saturated carbocycles. The summed E-state index contributed by atoms with van der Waals surface area (Å²) in [4.78, 5) is 0. The van der Waals surface area contributed by atoms with E-state index >= 15 is 0 Å². The Kier molecular flexibility index (Phi) is 3.49. The summed E-state index contributed by atoms with van der Waals surface area (Å²) < 4.78 is 5.72. The molecule has 0 aliphatic rings. The van der Waals surface area contributed by atoms with Gasteiger partial charge in [0.25, 0.3) is 0 Å². The van der Waals surface area contributed by atoms with Crippen LogP contribution < -0.4 is 10.1 Å². The number of nitrogens with zero attached hydrogens (tertiary/aromatic N) is 1. The molecule has 0 aliphatic carbocycles. The van der Waals surface area contributed by atoms with Crippen molar-refractivity contribution in [1.82, 2.24) is 0 Å². The van der Waals surface area contributed by atoms with Crippen LogP contribution in [0.3, 0.4) is 0 Å². The van der Waals surface area contributed by atoms with Crippen LogP contribution in [-0.2, 0) is 0 Å². The zero-order chi connectivity index (χ0) is 13.0. The lowest BCUT2D eigenvalue weighted by atomic mass is 10.1. The van der Waals surface area contributed by atoms with Crippen LogP contribution in [0.5, 0.6) is 11.5 Å². The molecule has 0 radical (unpaired) electrons. The van der Waals surface area contributed by atoms with Crippen LogP contribution in [0.1, 0.15) is 11.1 Å². The summed E-state index contributed by atoms with van der Waals surface area (Å²) in [5, 5.41) is 11.9. The molecule has 0 aromatic heterocycles. The molecule has 3 nitrogen and oxygen atoms in total. The molecule has 0 saturated heterocycles. The zero-order valence-electron chi connectivity index (χ0n) is 10.4. The van der Waals surface area contributed by atoms with Crippen molar-refractivity contribution in [2.24, 2.45) is 0 Å². The molecule has 1 N–H and O–H groups in total. The quantitative estimate of drug-likeness (QED) is 0.886. The number of ether oxygens (including phenoxy) is 1. The average molecular weight is 238 g/mol. The molecule has 0 aliphatic heterocycles. The first-order valence-electron chi connectivity index (χ1n) is 5.69. The standard InChI is InChI=1S/C15H14N2O/c1-11-9-15(6-3-12(11)10-16)18-14-7-4-13(17-2)5-8-14/h3-9,17H,1-2H3. The Labute approximate surface area is 107 Å². The van der Waals surface area contributed by atoms with E-state index in [1.807, 2.05) is 44.3 Å². The number of nitriles is 1. The first kappa shape index (κ1) is 12.0. The van der Waals surface area contributed by atoms with E-state index in [1.165, 1.54) is 0 Å². The second-order valence-corrected chi connectivity index (χ2v) is 3.96. The molecule has 18 heavy (non-hydrogen) atoms. The molecule has 0 heterocycles. The van der Waals surface area contributed by atoms with E-state index in [1.54, 1.807) is 12.1 Å². The van der Waals surface area contributed by atoms with E-state index in [9.17, 15) is 0 Å². The van der Waals surface area contributed by atoms with Crippen LogP contribution in [0.15, 0.2) is 42.5 Å². The average Bonchev–Trinajstić information content (AvgIpc) is 2.40. The SMILES string of the molecule is CNc1ccc(Oc2ccc(C#N)c(C)c2)cc1. The summed E-state index contributed by atoms with van der Waals surface area (Å²) in [6.45, 7) is 1.90. The maximum atomic E-state index is 8.86. The van der Waals surface area contributed by atoms with E-state index in [0.29, 0.717) is 5.56 Å². The maximum absolute atomic E-state index is 8.86. The fraction of sp³-hybridized carbons (Fsp3) is 0.133. The Morgan fingerprint density at radius 1 is 1.06 bits per heavy atom. The molecule has 3 heteroatoms. The van der Waals surface area contributed by atoms with E-state index < -0.39 is 0 Å². The Bertz CT molecular complexity index is 582. The number of nitrogens with one attached hydrogen (secondary N) is 1. The Morgan fingerprint density at radius 2 is 1.72 bits per heavy atom. The molecular weight excluding hydrogens is 224 g/mol. The van der Waals surface area contributed by atoms with Crippen LogP contribution in [0.25, 0.3) is 0 Å². The lowest BCUT2D eigenvalue weighted by Gasteiger charge is -2.08. The molecule has 2 aromatic carbocycles. The van der Waals surface area contributed by atoms with Gasteiger partial charge in [-0.15, -0.1) is 0 Å². The van der Waals surface area contributed by atoms with Crippen LogP contribution in [0.4, 0.5) is 5.69 Å². The first-order valence-corrected chi connectivity index (χ1v) is 5.69. The topological polar surface area (TPSA) is 45.0 Å². The lowest BCUT2D eigenvalue weighted by molar-refractivity contribution is 0.482. The molecule has 2 aromatic rings. The van der Waals surface area contributed by atoms with E-state index in [0.717, 1.165) is 22.7 Å². The van der Waals surface area contributed by atoms with Crippen LogP contribution >= 0.6 is 0 Å². The highest BCUT2D eigenvalue weighted by Gasteiger charge is 2.01. The third-order valence-corrected chi connectivity index (χ3v) is 2.70. The van der Waals surface area contributed by atoms with Crippen molar-refractivity contribution in [3.05, 3.63) is 53.6 Å². The van der Waals surface area contributed by atoms with Gasteiger partial charge in [-0.1, -0.05) is 0 Å². The molecular formula is C15H14N2O. The second kappa shape index (κ2) is 5.24. The van der Waals surface area contributed by atoms with Gasteiger partial charge in [-0.25, -0.2) is 0 Å². The number of rotatable bonds is 3. The van der Waals surface area contributed by atoms with Gasteiger partial charge >= 0.3 is 0 Å². The maximum Gasteiger partial charge on any atom is 0.127 e. The summed E-state index contributed by atoms with van der Waals surface area (Å²) in [7, 11) is 1.87. The van der Waals surface area contributed by atoms with Crippen LogP contribution in [0, 0.1) is 18.3 Å². The van der Waals surface area contributed by atoms with Gasteiger partial charge in [-0.3, -0.25) is 0 Å². The molecule has 90 valence electrons. The third kappa shape index (κ3) is 2.61. The minimum atomic E-state index is 0.674. The number of anilines is 1. The van der Waals surface area contributed by atoms with Crippen LogP contribution in [-0.4, -0.2) is 7.05 Å². The zero-order valence-corrected chi connectivity index (χ0v) is 10.4. The van der Waals surface area contributed by atoms with Crippen molar-refractivity contribution < 1.29 is 4.74 Å². The highest BCUT2D eigenvalue weighted by Crippen LogP contribution is 2.24. The monoisotopic (exact) mass is 238 g/mol. The van der Waals surface area contributed by atoms with Crippen molar-refractivity contribution >= 4 is 5.69 Å². The van der Waals surface area contributed by atoms with Crippen molar-refractivity contribution in [1.29, 1.82) is 5.26 Å². The first-order chi connectivity index (χ1) is 8.72. The van der Waals surface area contributed by atoms with E-state index in [4.69, 9.17) is 10.00 Å². The van der Waals surface area contributed by atoms with Crippen molar-refractivity contribution in [2.45, 2.75) is 6.92 Å². The van der Waals surface area contributed by atoms with Crippen molar-refractivity contribution in [2.75, 3.05) is 12.4 Å². The molecule has 0 spiro atoms. The summed E-state index contributed by atoms with van der Waals surface area (Å²) in [5.74, 6) is 1.52. The normalized spacial score (nSPS) is 9.61. The molecule has 0 unspecified atom stereocenters. The summed E-state index contributed by atoms with van der Waals surface area (Å²) in [6, 6.07) is 15.3. The highest BCUT2D eigenvalue weighted by molar-refractivity contribution is 5.47.